The standard InChI is InChI=1S/C34H54O6/c1-20(11-10-12-21(2)30(37)38)24-15-18-33(8)25-13-14-27-31(5,6)28(39-22(3)35)16-17-32(27,7)26(25)19-29(34(24,33)9)40-23(4)36/h12,20,24-29H,10-11,13-19H2,1-9H3,(H,37,38)/b21-12+/t20-,24-,25-,26+,27+,28-,29-,32-,33+,34+/m1/s1. The second-order valence-electron chi connectivity index (χ2n) is 15.2. The van der Waals surface area contributed by atoms with Crippen molar-refractivity contribution in [2.45, 2.75) is 132 Å². The van der Waals surface area contributed by atoms with E-state index in [1.165, 1.54) is 13.3 Å². The van der Waals surface area contributed by atoms with Crippen molar-refractivity contribution in [2.75, 3.05) is 0 Å². The number of carbonyl (C=O) groups excluding carboxylic acids is 2. The predicted octanol–water partition coefficient (Wildman–Crippen LogP) is 7.59. The molecule has 0 aromatic rings. The first-order chi connectivity index (χ1) is 18.5. The maximum absolute atomic E-state index is 12.6. The molecule has 0 radical (unpaired) electrons. The maximum Gasteiger partial charge on any atom is 0.330 e. The van der Waals surface area contributed by atoms with Crippen LogP contribution < -0.4 is 0 Å². The number of allylic oxidation sites excluding steroid dienone is 1. The van der Waals surface area contributed by atoms with E-state index in [0.29, 0.717) is 35.2 Å². The van der Waals surface area contributed by atoms with E-state index in [1.54, 1.807) is 13.8 Å². The molecular weight excluding hydrogens is 504 g/mol. The molecule has 0 bridgehead atoms. The summed E-state index contributed by atoms with van der Waals surface area (Å²) in [6.07, 6.45) is 10.8. The van der Waals surface area contributed by atoms with Gasteiger partial charge in [0.2, 0.25) is 0 Å². The number of fused-ring (bicyclic) bond motifs is 5. The van der Waals surface area contributed by atoms with Crippen molar-refractivity contribution in [1.82, 2.24) is 0 Å². The monoisotopic (exact) mass is 558 g/mol. The fraction of sp³-hybridized carbons (Fsp3) is 0.853. The van der Waals surface area contributed by atoms with Gasteiger partial charge in [0.15, 0.2) is 0 Å². The van der Waals surface area contributed by atoms with Gasteiger partial charge in [0, 0.05) is 30.3 Å². The molecule has 4 aliphatic carbocycles. The first kappa shape index (κ1) is 31.1. The van der Waals surface area contributed by atoms with Crippen LogP contribution in [0.15, 0.2) is 11.6 Å². The quantitative estimate of drug-likeness (QED) is 0.256. The Kier molecular flexibility index (Phi) is 8.37. The molecule has 0 amide bonds. The third kappa shape index (κ3) is 4.83. The molecule has 226 valence electrons. The first-order valence-electron chi connectivity index (χ1n) is 15.7. The predicted molar refractivity (Wildman–Crippen MR) is 155 cm³/mol. The third-order valence-electron chi connectivity index (χ3n) is 13.2. The molecule has 4 aliphatic rings. The highest BCUT2D eigenvalue weighted by Gasteiger charge is 2.71. The van der Waals surface area contributed by atoms with Crippen molar-refractivity contribution in [3.05, 3.63) is 11.6 Å². The Morgan fingerprint density at radius 2 is 1.50 bits per heavy atom. The Morgan fingerprint density at radius 1 is 0.875 bits per heavy atom. The summed E-state index contributed by atoms with van der Waals surface area (Å²) in [6, 6.07) is 0. The summed E-state index contributed by atoms with van der Waals surface area (Å²) in [6.45, 7) is 19.1. The van der Waals surface area contributed by atoms with Crippen LogP contribution in [0, 0.1) is 51.2 Å². The summed E-state index contributed by atoms with van der Waals surface area (Å²) in [4.78, 5) is 35.8. The molecule has 4 rings (SSSR count). The van der Waals surface area contributed by atoms with E-state index in [4.69, 9.17) is 9.47 Å². The largest absolute Gasteiger partial charge is 0.478 e. The second-order valence-corrected chi connectivity index (χ2v) is 15.2. The molecule has 0 aromatic heterocycles. The Hall–Kier alpha value is -1.85. The van der Waals surface area contributed by atoms with E-state index in [0.717, 1.165) is 51.4 Å². The van der Waals surface area contributed by atoms with Crippen LogP contribution >= 0.6 is 0 Å². The van der Waals surface area contributed by atoms with E-state index in [1.807, 2.05) is 6.08 Å². The van der Waals surface area contributed by atoms with Gasteiger partial charge in [0.1, 0.15) is 12.2 Å². The Morgan fingerprint density at radius 3 is 2.10 bits per heavy atom. The van der Waals surface area contributed by atoms with Crippen molar-refractivity contribution >= 4 is 17.9 Å². The van der Waals surface area contributed by atoms with Gasteiger partial charge in [0.25, 0.3) is 0 Å². The van der Waals surface area contributed by atoms with Crippen LogP contribution in [0.25, 0.3) is 0 Å². The first-order valence-corrected chi connectivity index (χ1v) is 15.7. The number of carbonyl (C=O) groups is 3. The molecule has 4 fully saturated rings. The SMILES string of the molecule is CC(=O)O[C@@H]1CC[C@]2(C)[C@H]3C[C@@H](OC(C)=O)[C@]4(C)[C@@H]([C@H](C)CC/C=C(\C)C(=O)O)CC[C@@]4(C)[C@@H]3CC[C@H]2C1(C)C. The van der Waals surface area contributed by atoms with E-state index >= 15 is 0 Å². The zero-order valence-corrected chi connectivity index (χ0v) is 26.5. The number of rotatable bonds is 7. The Bertz CT molecular complexity index is 1050. The minimum Gasteiger partial charge on any atom is -0.478 e. The molecule has 0 aliphatic heterocycles. The van der Waals surface area contributed by atoms with Gasteiger partial charge in [0.05, 0.1) is 0 Å². The van der Waals surface area contributed by atoms with Crippen LogP contribution in [0.1, 0.15) is 120 Å². The summed E-state index contributed by atoms with van der Waals surface area (Å²) in [5, 5.41) is 9.27. The van der Waals surface area contributed by atoms with Gasteiger partial charge in [-0.2, -0.15) is 0 Å². The molecule has 0 heterocycles. The molecule has 0 unspecified atom stereocenters. The van der Waals surface area contributed by atoms with Crippen LogP contribution in [0.3, 0.4) is 0 Å². The molecule has 6 nitrogen and oxygen atoms in total. The fourth-order valence-corrected chi connectivity index (χ4v) is 11.0. The van der Waals surface area contributed by atoms with Crippen LogP contribution in [0.5, 0.6) is 0 Å². The third-order valence-corrected chi connectivity index (χ3v) is 13.2. The van der Waals surface area contributed by atoms with Crippen molar-refractivity contribution in [2.24, 2.45) is 51.2 Å². The van der Waals surface area contributed by atoms with Crippen molar-refractivity contribution < 1.29 is 29.0 Å². The van der Waals surface area contributed by atoms with Crippen LogP contribution in [0.2, 0.25) is 0 Å². The van der Waals surface area contributed by atoms with Crippen LogP contribution in [0.4, 0.5) is 0 Å². The van der Waals surface area contributed by atoms with Crippen LogP contribution in [-0.2, 0) is 23.9 Å². The molecule has 0 spiro atoms. The van der Waals surface area contributed by atoms with Gasteiger partial charge in [-0.25, -0.2) is 4.79 Å². The number of hydrogen-bond donors (Lipinski definition) is 1. The molecule has 40 heavy (non-hydrogen) atoms. The van der Waals surface area contributed by atoms with Gasteiger partial charge in [-0.15, -0.1) is 0 Å². The lowest BCUT2D eigenvalue weighted by Crippen LogP contribution is -2.65. The maximum atomic E-state index is 12.6. The van der Waals surface area contributed by atoms with Gasteiger partial charge in [-0.3, -0.25) is 9.59 Å². The van der Waals surface area contributed by atoms with E-state index in [2.05, 4.69) is 41.5 Å². The molecule has 6 heteroatoms. The van der Waals surface area contributed by atoms with E-state index in [-0.39, 0.29) is 45.8 Å². The van der Waals surface area contributed by atoms with Crippen molar-refractivity contribution in [3.8, 4) is 0 Å². The van der Waals surface area contributed by atoms with Crippen LogP contribution in [-0.4, -0.2) is 35.2 Å². The zero-order valence-electron chi connectivity index (χ0n) is 26.5. The lowest BCUT2D eigenvalue weighted by molar-refractivity contribution is -0.240. The normalized spacial score (nSPS) is 43.1. The number of aliphatic carboxylic acids is 1. The summed E-state index contributed by atoms with van der Waals surface area (Å²) in [5.41, 5.74) is 0.348. The van der Waals surface area contributed by atoms with Crippen molar-refractivity contribution in [3.63, 3.8) is 0 Å². The van der Waals surface area contributed by atoms with Gasteiger partial charge >= 0.3 is 17.9 Å². The minimum absolute atomic E-state index is 0.0520. The average molecular weight is 559 g/mol. The minimum atomic E-state index is -0.851. The zero-order chi connectivity index (χ0) is 29.8. The van der Waals surface area contributed by atoms with E-state index in [9.17, 15) is 19.5 Å². The fourth-order valence-electron chi connectivity index (χ4n) is 11.0. The smallest absolute Gasteiger partial charge is 0.330 e. The molecule has 1 N–H and O–H groups in total. The topological polar surface area (TPSA) is 89.9 Å². The highest BCUT2D eigenvalue weighted by Crippen LogP contribution is 2.75. The van der Waals surface area contributed by atoms with Gasteiger partial charge in [-0.1, -0.05) is 47.6 Å². The van der Waals surface area contributed by atoms with Crippen molar-refractivity contribution in [1.29, 1.82) is 0 Å². The van der Waals surface area contributed by atoms with E-state index < -0.39 is 5.97 Å². The highest BCUT2D eigenvalue weighted by atomic mass is 16.5. The highest BCUT2D eigenvalue weighted by molar-refractivity contribution is 5.85. The Balaban J connectivity index is 1.66. The van der Waals surface area contributed by atoms with Gasteiger partial charge in [-0.05, 0) is 105 Å². The molecule has 0 saturated heterocycles. The molecule has 10 atom stereocenters. The number of hydrogen-bond acceptors (Lipinski definition) is 5. The average Bonchev–Trinajstić information content (AvgIpc) is 3.13. The number of ether oxygens (including phenoxy) is 2. The second kappa shape index (κ2) is 10.8. The summed E-state index contributed by atoms with van der Waals surface area (Å²) >= 11 is 0. The number of esters is 2. The summed E-state index contributed by atoms with van der Waals surface area (Å²) < 4.78 is 12.2. The summed E-state index contributed by atoms with van der Waals surface area (Å²) in [7, 11) is 0. The Labute approximate surface area is 242 Å². The molecule has 0 aromatic carbocycles. The lowest BCUT2D eigenvalue weighted by atomic mass is 9.37. The lowest BCUT2D eigenvalue weighted by Gasteiger charge is -2.68. The summed E-state index contributed by atoms with van der Waals surface area (Å²) in [5.74, 6) is 1.07. The number of carboxylic acid groups (broad SMARTS) is 1. The van der Waals surface area contributed by atoms with Gasteiger partial charge < -0.3 is 14.6 Å². The molecule has 4 saturated carbocycles. The molecular formula is C34H54O6. The number of carboxylic acids is 1.